The molecule has 0 aliphatic carbocycles. The number of para-hydroxylation sites is 2. The first kappa shape index (κ1) is 13.7. The normalized spacial score (nSPS) is 20.1. The fourth-order valence-corrected chi connectivity index (χ4v) is 3.12. The number of rotatable bonds is 2. The monoisotopic (exact) mass is 299 g/mol. The van der Waals surface area contributed by atoms with Crippen molar-refractivity contribution in [1.29, 1.82) is 0 Å². The first-order valence-corrected chi connectivity index (χ1v) is 7.46. The minimum atomic E-state index is -1.37. The van der Waals surface area contributed by atoms with Gasteiger partial charge in [-0.3, -0.25) is 4.79 Å². The molecule has 3 amide bonds. The Morgan fingerprint density at radius 2 is 1.38 bits per heavy atom. The van der Waals surface area contributed by atoms with Crippen LogP contribution < -0.4 is 14.9 Å². The Hall–Kier alpha value is -2.23. The van der Waals surface area contributed by atoms with Crippen molar-refractivity contribution in [3.05, 3.63) is 60.7 Å². The third-order valence-electron chi connectivity index (χ3n) is 3.13. The Kier molecular flexibility index (Phi) is 3.69. The molecule has 2 aromatic rings. The van der Waals surface area contributed by atoms with Crippen LogP contribution in [-0.2, 0) is 0 Å². The lowest BCUT2D eigenvalue weighted by Gasteiger charge is -2.43. The molecule has 0 bridgehead atoms. The summed E-state index contributed by atoms with van der Waals surface area (Å²) in [5.41, 5.74) is 0.537. The second kappa shape index (κ2) is 5.64. The second-order valence-corrected chi connectivity index (χ2v) is 5.67. The Morgan fingerprint density at radius 3 is 1.95 bits per heavy atom. The van der Waals surface area contributed by atoms with Crippen LogP contribution in [0, 0.1) is 0 Å². The van der Waals surface area contributed by atoms with Gasteiger partial charge >= 0.3 is 6.03 Å². The second-order valence-electron chi connectivity index (χ2n) is 4.46. The summed E-state index contributed by atoms with van der Waals surface area (Å²) in [6.07, 6.45) is 0. The highest BCUT2D eigenvalue weighted by Crippen LogP contribution is 2.35. The molecule has 1 aliphatic rings. The highest BCUT2D eigenvalue weighted by molar-refractivity contribution is 7.59. The predicted octanol–water partition coefficient (Wildman–Crippen LogP) is 2.58. The van der Waals surface area contributed by atoms with Gasteiger partial charge in [0.05, 0.1) is 5.69 Å². The maximum atomic E-state index is 12.6. The zero-order valence-electron chi connectivity index (χ0n) is 11.0. The van der Waals surface area contributed by atoms with Gasteiger partial charge in [-0.2, -0.15) is 0 Å². The van der Waals surface area contributed by atoms with Crippen LogP contribution in [0.3, 0.4) is 0 Å². The summed E-state index contributed by atoms with van der Waals surface area (Å²) >= 11 is 0. The van der Waals surface area contributed by atoms with E-state index in [-0.39, 0.29) is 0 Å². The molecule has 0 aromatic heterocycles. The van der Waals surface area contributed by atoms with E-state index in [9.17, 15) is 14.7 Å². The van der Waals surface area contributed by atoms with Gasteiger partial charge in [-0.25, -0.2) is 9.69 Å². The quantitative estimate of drug-likeness (QED) is 0.801. The van der Waals surface area contributed by atoms with Gasteiger partial charge in [-0.05, 0) is 38.8 Å². The highest BCUT2D eigenvalue weighted by atomic mass is 31.1. The van der Waals surface area contributed by atoms with Crippen LogP contribution in [0.25, 0.3) is 0 Å². The van der Waals surface area contributed by atoms with Gasteiger partial charge in [0.25, 0.3) is 5.65 Å². The molecule has 5 nitrogen and oxygen atoms in total. The van der Waals surface area contributed by atoms with Gasteiger partial charge in [-0.15, -0.1) is 0 Å². The number of carbonyl (C=O) groups is 2. The molecular weight excluding hydrogens is 287 g/mol. The summed E-state index contributed by atoms with van der Waals surface area (Å²) in [4.78, 5) is 26.9. The van der Waals surface area contributed by atoms with Gasteiger partial charge in [0.15, 0.2) is 0 Å². The van der Waals surface area contributed by atoms with Crippen molar-refractivity contribution in [2.75, 3.05) is 9.80 Å². The molecule has 0 spiro atoms. The maximum absolute atomic E-state index is 12.6. The molecule has 1 fully saturated rings. The van der Waals surface area contributed by atoms with Crippen molar-refractivity contribution in [1.82, 2.24) is 0 Å². The Balaban J connectivity index is 2.00. The minimum absolute atomic E-state index is 0.446. The molecule has 0 N–H and O–H groups in total. The average molecular weight is 299 g/mol. The van der Waals surface area contributed by atoms with Crippen LogP contribution in [0.2, 0.25) is 0 Å². The van der Waals surface area contributed by atoms with Crippen LogP contribution in [-0.4, -0.2) is 17.6 Å². The van der Waals surface area contributed by atoms with Crippen LogP contribution in [0.1, 0.15) is 0 Å². The zero-order chi connectivity index (χ0) is 14.8. The van der Waals surface area contributed by atoms with E-state index >= 15 is 0 Å². The topological polar surface area (TPSA) is 63.7 Å². The number of anilines is 2. The average Bonchev–Trinajstić information content (AvgIpc) is 2.49. The van der Waals surface area contributed by atoms with E-state index in [1.54, 1.807) is 60.7 Å². The Labute approximate surface area is 123 Å². The summed E-state index contributed by atoms with van der Waals surface area (Å²) < 4.78 is 0. The largest absolute Gasteiger partial charge is 0.832 e. The van der Waals surface area contributed by atoms with Gasteiger partial charge < -0.3 is 10.0 Å². The van der Waals surface area contributed by atoms with Crippen molar-refractivity contribution < 1.29 is 14.7 Å². The minimum Gasteiger partial charge on any atom is -0.832 e. The van der Waals surface area contributed by atoms with E-state index < -0.39 is 26.2 Å². The van der Waals surface area contributed by atoms with Gasteiger partial charge in [0, 0.05) is 5.69 Å². The Bertz CT molecular complexity index is 663. The molecule has 106 valence electrons. The van der Waals surface area contributed by atoms with E-state index in [2.05, 4.69) is 0 Å². The summed E-state index contributed by atoms with van der Waals surface area (Å²) in [5.74, 6) is -1.37. The molecule has 3 rings (SSSR count). The summed E-state index contributed by atoms with van der Waals surface area (Å²) in [6, 6.07) is 16.7. The molecule has 2 aromatic carbocycles. The van der Waals surface area contributed by atoms with Crippen LogP contribution in [0.4, 0.5) is 21.0 Å². The Morgan fingerprint density at radius 1 is 0.857 bits per heavy atom. The third kappa shape index (κ3) is 2.53. The third-order valence-corrected chi connectivity index (χ3v) is 4.11. The SMILES string of the molecule is O=C1PC([O-])N(c2ccccc2)C(=O)N1c1ccccc1. The molecule has 0 radical (unpaired) electrons. The molecule has 1 saturated heterocycles. The lowest BCUT2D eigenvalue weighted by molar-refractivity contribution is -0.383. The first-order valence-electron chi connectivity index (χ1n) is 6.38. The molecule has 21 heavy (non-hydrogen) atoms. The summed E-state index contributed by atoms with van der Waals surface area (Å²) in [6.45, 7) is 0. The van der Waals surface area contributed by atoms with Crippen molar-refractivity contribution in [2.45, 2.75) is 5.97 Å². The fourth-order valence-electron chi connectivity index (χ4n) is 2.17. The number of carbonyl (C=O) groups excluding carboxylic acids is 2. The molecule has 0 saturated carbocycles. The van der Waals surface area contributed by atoms with Crippen molar-refractivity contribution in [2.24, 2.45) is 0 Å². The van der Waals surface area contributed by atoms with Crippen LogP contribution in [0.15, 0.2) is 60.7 Å². The van der Waals surface area contributed by atoms with E-state index in [0.717, 1.165) is 9.80 Å². The summed E-state index contributed by atoms with van der Waals surface area (Å²) in [5, 5.41) is 12.1. The first-order chi connectivity index (χ1) is 10.2. The number of imide groups is 1. The number of hydrogen-bond donors (Lipinski definition) is 0. The van der Waals surface area contributed by atoms with Crippen molar-refractivity contribution in [3.63, 3.8) is 0 Å². The lowest BCUT2D eigenvalue weighted by Crippen LogP contribution is -2.57. The zero-order valence-corrected chi connectivity index (χ0v) is 12.0. The predicted molar refractivity (Wildman–Crippen MR) is 80.7 cm³/mol. The van der Waals surface area contributed by atoms with Crippen molar-refractivity contribution in [3.8, 4) is 0 Å². The van der Waals surface area contributed by atoms with Gasteiger partial charge in [0.2, 0.25) is 0 Å². The molecule has 2 atom stereocenters. The van der Waals surface area contributed by atoms with E-state index in [0.29, 0.717) is 11.4 Å². The number of hydrogen-bond acceptors (Lipinski definition) is 3. The molecule has 1 aliphatic heterocycles. The standard InChI is InChI=1S/C15H12N2O3P/c18-13-16(11-7-3-1-4-8-11)14(19)21-15(20)17(13)12-9-5-2-6-10-12/h1-10,14,21H/q-1. The molecule has 6 heteroatoms. The van der Waals surface area contributed by atoms with Crippen LogP contribution >= 0.6 is 8.58 Å². The van der Waals surface area contributed by atoms with Crippen molar-refractivity contribution >= 4 is 31.6 Å². The number of benzene rings is 2. The number of nitrogens with zero attached hydrogens (tertiary/aromatic N) is 2. The smallest absolute Gasteiger partial charge is 0.335 e. The van der Waals surface area contributed by atoms with Gasteiger partial charge in [-0.1, -0.05) is 36.4 Å². The lowest BCUT2D eigenvalue weighted by atomic mass is 10.3. The maximum Gasteiger partial charge on any atom is 0.335 e. The van der Waals surface area contributed by atoms with E-state index in [4.69, 9.17) is 0 Å². The summed E-state index contributed by atoms with van der Waals surface area (Å²) in [7, 11) is -0.517. The van der Waals surface area contributed by atoms with E-state index in [1.807, 2.05) is 0 Å². The van der Waals surface area contributed by atoms with Crippen LogP contribution in [0.5, 0.6) is 0 Å². The highest BCUT2D eigenvalue weighted by Gasteiger charge is 2.35. The molecule has 2 unspecified atom stereocenters. The van der Waals surface area contributed by atoms with E-state index in [1.165, 1.54) is 0 Å². The molecule has 1 heterocycles. The van der Waals surface area contributed by atoms with Gasteiger partial charge in [0.1, 0.15) is 0 Å². The molecular formula is C15H12N2O3P-. The number of urea groups is 1. The number of amides is 3. The fraction of sp³-hybridized carbons (Fsp3) is 0.0667.